The molecule has 1 saturated heterocycles. The van der Waals surface area contributed by atoms with Crippen molar-refractivity contribution in [3.05, 3.63) is 72.2 Å². The number of amides is 1. The largest absolute Gasteiger partial charge is 0.472 e. The molecule has 0 bridgehead atoms. The summed E-state index contributed by atoms with van der Waals surface area (Å²) in [5, 5.41) is 0. The van der Waals surface area contributed by atoms with Crippen LogP contribution in [0.2, 0.25) is 0 Å². The van der Waals surface area contributed by atoms with E-state index >= 15 is 0 Å². The van der Waals surface area contributed by atoms with Crippen LogP contribution in [-0.4, -0.2) is 45.0 Å². The Morgan fingerprint density at radius 1 is 1.03 bits per heavy atom. The lowest BCUT2D eigenvalue weighted by molar-refractivity contribution is -0.137. The second-order valence-electron chi connectivity index (χ2n) is 7.13. The molecule has 1 aromatic carbocycles. The summed E-state index contributed by atoms with van der Waals surface area (Å²) >= 11 is 0. The molecule has 9 heteroatoms. The van der Waals surface area contributed by atoms with E-state index in [1.807, 2.05) is 6.07 Å². The third kappa shape index (κ3) is 4.82. The monoisotopic (exact) mass is 428 g/mol. The molecular weight excluding hydrogens is 409 g/mol. The first-order valence-corrected chi connectivity index (χ1v) is 9.77. The average Bonchev–Trinajstić information content (AvgIpc) is 2.79. The van der Waals surface area contributed by atoms with Crippen molar-refractivity contribution in [1.29, 1.82) is 0 Å². The number of benzene rings is 1. The molecule has 0 saturated carbocycles. The van der Waals surface area contributed by atoms with Crippen molar-refractivity contribution in [2.45, 2.75) is 25.1 Å². The maximum atomic E-state index is 13.2. The summed E-state index contributed by atoms with van der Waals surface area (Å²) in [6.07, 6.45) is 0.558. The number of carbonyl (C=O) groups is 1. The summed E-state index contributed by atoms with van der Waals surface area (Å²) in [7, 11) is 0. The van der Waals surface area contributed by atoms with Gasteiger partial charge in [-0.1, -0.05) is 18.2 Å². The molecule has 0 spiro atoms. The molecule has 1 fully saturated rings. The molecule has 1 atom stereocenters. The van der Waals surface area contributed by atoms with Gasteiger partial charge in [0.2, 0.25) is 5.88 Å². The zero-order chi connectivity index (χ0) is 21.8. The van der Waals surface area contributed by atoms with Crippen LogP contribution < -0.4 is 4.74 Å². The summed E-state index contributed by atoms with van der Waals surface area (Å²) < 4.78 is 43.9. The number of piperidine rings is 1. The maximum Gasteiger partial charge on any atom is 0.417 e. The molecule has 3 aromatic rings. The minimum absolute atomic E-state index is 0.102. The first-order chi connectivity index (χ1) is 14.9. The minimum Gasteiger partial charge on any atom is -0.472 e. The van der Waals surface area contributed by atoms with E-state index in [2.05, 4.69) is 15.0 Å². The normalized spacial score (nSPS) is 16.7. The Kier molecular flexibility index (Phi) is 5.83. The molecule has 0 N–H and O–H groups in total. The van der Waals surface area contributed by atoms with Crippen molar-refractivity contribution in [2.75, 3.05) is 13.1 Å². The summed E-state index contributed by atoms with van der Waals surface area (Å²) in [5.41, 5.74) is 0.294. The molecule has 0 radical (unpaired) electrons. The number of rotatable bonds is 4. The number of carbonyl (C=O) groups excluding carboxylic acids is 1. The van der Waals surface area contributed by atoms with Gasteiger partial charge >= 0.3 is 6.18 Å². The number of hydrogen-bond donors (Lipinski definition) is 0. The first kappa shape index (κ1) is 20.8. The van der Waals surface area contributed by atoms with Crippen molar-refractivity contribution in [1.82, 2.24) is 19.9 Å². The van der Waals surface area contributed by atoms with Crippen LogP contribution in [0.4, 0.5) is 13.2 Å². The number of aromatic nitrogens is 3. The van der Waals surface area contributed by atoms with E-state index in [0.717, 1.165) is 12.3 Å². The number of pyridine rings is 1. The second-order valence-corrected chi connectivity index (χ2v) is 7.13. The standard InChI is InChI=1S/C22H19F3N4O2/c23-22(24,25)15-8-9-19(28-13-15)31-16-5-3-12-29(14-16)21(30)18-7-2-1-6-17(18)20-26-10-4-11-27-20/h1-2,4,6-11,13,16H,3,5,12,14H2. The van der Waals surface area contributed by atoms with Gasteiger partial charge in [-0.2, -0.15) is 13.2 Å². The molecule has 31 heavy (non-hydrogen) atoms. The summed E-state index contributed by atoms with van der Waals surface area (Å²) in [6.45, 7) is 0.870. The molecular formula is C22H19F3N4O2. The van der Waals surface area contributed by atoms with Gasteiger partial charge in [-0.05, 0) is 31.0 Å². The minimum atomic E-state index is -4.45. The third-order valence-corrected chi connectivity index (χ3v) is 4.98. The highest BCUT2D eigenvalue weighted by molar-refractivity contribution is 6.00. The lowest BCUT2D eigenvalue weighted by Crippen LogP contribution is -2.44. The Morgan fingerprint density at radius 2 is 1.81 bits per heavy atom. The van der Waals surface area contributed by atoms with Crippen molar-refractivity contribution < 1.29 is 22.7 Å². The molecule has 3 heterocycles. The maximum absolute atomic E-state index is 13.2. The smallest absolute Gasteiger partial charge is 0.417 e. The van der Waals surface area contributed by atoms with Gasteiger partial charge in [0.25, 0.3) is 5.91 Å². The van der Waals surface area contributed by atoms with Gasteiger partial charge < -0.3 is 9.64 Å². The summed E-state index contributed by atoms with van der Waals surface area (Å²) in [5.74, 6) is 0.396. The third-order valence-electron chi connectivity index (χ3n) is 4.98. The van der Waals surface area contributed by atoms with E-state index < -0.39 is 11.7 Å². The molecule has 1 amide bonds. The van der Waals surface area contributed by atoms with Crippen LogP contribution in [0.5, 0.6) is 5.88 Å². The SMILES string of the molecule is O=C(c1ccccc1-c1ncccn1)N1CCCC(Oc2ccc(C(F)(F)F)cn2)C1. The number of hydrogen-bond acceptors (Lipinski definition) is 5. The van der Waals surface area contributed by atoms with E-state index in [0.29, 0.717) is 42.9 Å². The topological polar surface area (TPSA) is 68.2 Å². The van der Waals surface area contributed by atoms with E-state index in [1.165, 1.54) is 6.07 Å². The number of likely N-dealkylation sites (tertiary alicyclic amines) is 1. The fourth-order valence-corrected chi connectivity index (χ4v) is 3.48. The molecule has 4 rings (SSSR count). The zero-order valence-electron chi connectivity index (χ0n) is 16.4. The van der Waals surface area contributed by atoms with Gasteiger partial charge in [-0.25, -0.2) is 15.0 Å². The molecule has 0 aliphatic carbocycles. The van der Waals surface area contributed by atoms with Crippen LogP contribution in [0.1, 0.15) is 28.8 Å². The van der Waals surface area contributed by atoms with E-state index in [1.54, 1.807) is 41.6 Å². The van der Waals surface area contributed by atoms with Gasteiger partial charge in [0.15, 0.2) is 5.82 Å². The predicted molar refractivity (Wildman–Crippen MR) is 106 cm³/mol. The van der Waals surface area contributed by atoms with E-state index in [9.17, 15) is 18.0 Å². The van der Waals surface area contributed by atoms with Crippen LogP contribution in [-0.2, 0) is 6.18 Å². The van der Waals surface area contributed by atoms with Crippen LogP contribution in [0.25, 0.3) is 11.4 Å². The Bertz CT molecular complexity index is 1040. The molecule has 2 aromatic heterocycles. The molecule has 1 aliphatic heterocycles. The lowest BCUT2D eigenvalue weighted by atomic mass is 10.0. The van der Waals surface area contributed by atoms with Crippen molar-refractivity contribution in [3.63, 3.8) is 0 Å². The van der Waals surface area contributed by atoms with Gasteiger partial charge in [-0.3, -0.25) is 4.79 Å². The number of alkyl halides is 3. The van der Waals surface area contributed by atoms with Crippen LogP contribution in [0.15, 0.2) is 61.1 Å². The number of halogens is 3. The Balaban J connectivity index is 1.48. The highest BCUT2D eigenvalue weighted by atomic mass is 19.4. The van der Waals surface area contributed by atoms with Crippen molar-refractivity contribution >= 4 is 5.91 Å². The number of ether oxygens (including phenoxy) is 1. The van der Waals surface area contributed by atoms with E-state index in [4.69, 9.17) is 4.74 Å². The first-order valence-electron chi connectivity index (χ1n) is 9.77. The fourth-order valence-electron chi connectivity index (χ4n) is 3.48. The second kappa shape index (κ2) is 8.71. The van der Waals surface area contributed by atoms with Gasteiger partial charge in [0.05, 0.1) is 17.7 Å². The average molecular weight is 428 g/mol. The molecule has 160 valence electrons. The number of nitrogens with zero attached hydrogens (tertiary/aromatic N) is 4. The predicted octanol–water partition coefficient (Wildman–Crippen LogP) is 4.24. The van der Waals surface area contributed by atoms with Crippen LogP contribution >= 0.6 is 0 Å². The summed E-state index contributed by atoms with van der Waals surface area (Å²) in [4.78, 5) is 27.1. The molecule has 6 nitrogen and oxygen atoms in total. The quantitative estimate of drug-likeness (QED) is 0.622. The Hall–Kier alpha value is -3.49. The van der Waals surface area contributed by atoms with Crippen molar-refractivity contribution in [3.8, 4) is 17.3 Å². The fraction of sp³-hybridized carbons (Fsp3) is 0.273. The molecule has 1 aliphatic rings. The Morgan fingerprint density at radius 3 is 2.52 bits per heavy atom. The van der Waals surface area contributed by atoms with E-state index in [-0.39, 0.29) is 17.9 Å². The Labute approximate surface area is 176 Å². The van der Waals surface area contributed by atoms with Gasteiger partial charge in [-0.15, -0.1) is 0 Å². The van der Waals surface area contributed by atoms with Crippen LogP contribution in [0, 0.1) is 0 Å². The highest BCUT2D eigenvalue weighted by Crippen LogP contribution is 2.30. The zero-order valence-corrected chi connectivity index (χ0v) is 16.4. The van der Waals surface area contributed by atoms with Gasteiger partial charge in [0.1, 0.15) is 6.10 Å². The highest BCUT2D eigenvalue weighted by Gasteiger charge is 2.31. The molecule has 1 unspecified atom stereocenters. The lowest BCUT2D eigenvalue weighted by Gasteiger charge is -2.33. The van der Waals surface area contributed by atoms with Gasteiger partial charge in [0, 0.05) is 36.8 Å². The van der Waals surface area contributed by atoms with Crippen molar-refractivity contribution in [2.24, 2.45) is 0 Å². The van der Waals surface area contributed by atoms with Crippen LogP contribution in [0.3, 0.4) is 0 Å². The summed E-state index contributed by atoms with van der Waals surface area (Å²) in [6, 6.07) is 11.0.